The van der Waals surface area contributed by atoms with E-state index in [1.165, 1.54) is 0 Å². The summed E-state index contributed by atoms with van der Waals surface area (Å²) in [6.45, 7) is 4.56. The van der Waals surface area contributed by atoms with E-state index in [-0.39, 0.29) is 0 Å². The maximum atomic E-state index is 8.29. The van der Waals surface area contributed by atoms with E-state index in [1.54, 1.807) is 12.1 Å². The molecule has 2 rings (SSSR count). The van der Waals surface area contributed by atoms with Gasteiger partial charge in [0.1, 0.15) is 0 Å². The minimum atomic E-state index is 0.715. The topological polar surface area (TPSA) is 56.3 Å². The number of hydrogen-bond acceptors (Lipinski definition) is 4. The number of hydrogen-bond donors (Lipinski definition) is 4. The monoisotopic (exact) mass is 195 g/mol. The Morgan fingerprint density at radius 2 is 1.43 bits per heavy atom. The van der Waals surface area contributed by atoms with Crippen LogP contribution >= 0.6 is 0 Å². The normalized spacial score (nSPS) is 15.2. The van der Waals surface area contributed by atoms with Crippen molar-refractivity contribution < 1.29 is 5.21 Å². The Kier molecular flexibility index (Phi) is 5.74. The van der Waals surface area contributed by atoms with Crippen molar-refractivity contribution in [2.75, 3.05) is 31.7 Å². The molecular weight excluding hydrogens is 178 g/mol. The zero-order valence-electron chi connectivity index (χ0n) is 8.16. The van der Waals surface area contributed by atoms with Crippen LogP contribution in [0.5, 0.6) is 0 Å². The lowest BCUT2D eigenvalue weighted by Crippen LogP contribution is -2.39. The van der Waals surface area contributed by atoms with Gasteiger partial charge in [0.25, 0.3) is 0 Å². The van der Waals surface area contributed by atoms with E-state index in [0.29, 0.717) is 5.69 Å². The van der Waals surface area contributed by atoms with Crippen molar-refractivity contribution in [1.82, 2.24) is 10.6 Å². The summed E-state index contributed by atoms with van der Waals surface area (Å²) in [5.74, 6) is 0. The minimum Gasteiger partial charge on any atom is -0.314 e. The molecule has 1 aromatic carbocycles. The van der Waals surface area contributed by atoms with Gasteiger partial charge >= 0.3 is 0 Å². The van der Waals surface area contributed by atoms with Crippen LogP contribution in [0, 0.1) is 0 Å². The molecule has 4 nitrogen and oxygen atoms in total. The summed E-state index contributed by atoms with van der Waals surface area (Å²) in [5.41, 5.74) is 2.74. The van der Waals surface area contributed by atoms with Crippen LogP contribution in [0.2, 0.25) is 0 Å². The maximum Gasteiger partial charge on any atom is 0.0602 e. The molecule has 78 valence electrons. The van der Waals surface area contributed by atoms with E-state index in [9.17, 15) is 0 Å². The van der Waals surface area contributed by atoms with E-state index in [1.807, 2.05) is 23.7 Å². The predicted octanol–water partition coefficient (Wildman–Crippen LogP) is 0.667. The Bertz CT molecular complexity index is 213. The second-order valence-electron chi connectivity index (χ2n) is 2.98. The first-order chi connectivity index (χ1) is 6.93. The third-order valence-electron chi connectivity index (χ3n) is 1.86. The Morgan fingerprint density at radius 1 is 0.929 bits per heavy atom. The second-order valence-corrected chi connectivity index (χ2v) is 2.98. The van der Waals surface area contributed by atoms with Crippen molar-refractivity contribution in [1.29, 1.82) is 0 Å². The van der Waals surface area contributed by atoms with Gasteiger partial charge in [-0.25, -0.2) is 0 Å². The van der Waals surface area contributed by atoms with Crippen molar-refractivity contribution in [3.8, 4) is 0 Å². The van der Waals surface area contributed by atoms with Gasteiger partial charge in [-0.3, -0.25) is 10.7 Å². The molecule has 0 aromatic heterocycles. The maximum absolute atomic E-state index is 8.29. The number of para-hydroxylation sites is 1. The number of benzene rings is 1. The number of nitrogens with one attached hydrogen (secondary N) is 3. The molecule has 1 saturated heterocycles. The van der Waals surface area contributed by atoms with Gasteiger partial charge in [0.05, 0.1) is 5.69 Å². The standard InChI is InChI=1S/C6H7NO.C4H10N2/c8-7-6-4-2-1-3-5-6;1-2-6-4-3-5-1/h1-5,7-8H;5-6H,1-4H2. The Balaban J connectivity index is 0.000000146. The van der Waals surface area contributed by atoms with Crippen LogP contribution in [0.25, 0.3) is 0 Å². The highest BCUT2D eigenvalue weighted by molar-refractivity contribution is 5.39. The fourth-order valence-corrected chi connectivity index (χ4v) is 1.12. The van der Waals surface area contributed by atoms with Crippen LogP contribution in [-0.4, -0.2) is 31.4 Å². The second kappa shape index (κ2) is 7.32. The average Bonchev–Trinajstić information content (AvgIpc) is 2.33. The quantitative estimate of drug-likeness (QED) is 0.497. The fourth-order valence-electron chi connectivity index (χ4n) is 1.12. The highest BCUT2D eigenvalue weighted by atomic mass is 16.5. The van der Waals surface area contributed by atoms with E-state index in [0.717, 1.165) is 26.2 Å². The van der Waals surface area contributed by atoms with Gasteiger partial charge in [-0.15, -0.1) is 0 Å². The fraction of sp³-hybridized carbons (Fsp3) is 0.400. The molecular formula is C10H17N3O. The lowest BCUT2D eigenvalue weighted by atomic mass is 10.3. The van der Waals surface area contributed by atoms with E-state index >= 15 is 0 Å². The van der Waals surface area contributed by atoms with Crippen molar-refractivity contribution in [3.05, 3.63) is 30.3 Å². The summed E-state index contributed by atoms with van der Waals surface area (Å²) < 4.78 is 0. The van der Waals surface area contributed by atoms with Gasteiger partial charge in [0.2, 0.25) is 0 Å². The zero-order valence-corrected chi connectivity index (χ0v) is 8.16. The molecule has 0 saturated carbocycles. The Morgan fingerprint density at radius 3 is 1.71 bits per heavy atom. The van der Waals surface area contributed by atoms with Crippen molar-refractivity contribution >= 4 is 5.69 Å². The van der Waals surface area contributed by atoms with Crippen molar-refractivity contribution in [2.45, 2.75) is 0 Å². The molecule has 0 atom stereocenters. The average molecular weight is 195 g/mol. The molecule has 0 radical (unpaired) electrons. The summed E-state index contributed by atoms with van der Waals surface area (Å²) in [6, 6.07) is 9.14. The van der Waals surface area contributed by atoms with Crippen LogP contribution in [0.3, 0.4) is 0 Å². The van der Waals surface area contributed by atoms with Crippen molar-refractivity contribution in [3.63, 3.8) is 0 Å². The van der Waals surface area contributed by atoms with Crippen LogP contribution in [0.1, 0.15) is 0 Å². The van der Waals surface area contributed by atoms with E-state index < -0.39 is 0 Å². The van der Waals surface area contributed by atoms with Crippen molar-refractivity contribution in [2.24, 2.45) is 0 Å². The molecule has 14 heavy (non-hydrogen) atoms. The summed E-state index contributed by atoms with van der Waals surface area (Å²) >= 11 is 0. The third-order valence-corrected chi connectivity index (χ3v) is 1.86. The molecule has 4 N–H and O–H groups in total. The first kappa shape index (κ1) is 11.0. The molecule has 0 unspecified atom stereocenters. The molecule has 0 amide bonds. The Hall–Kier alpha value is -1.10. The number of anilines is 1. The van der Waals surface area contributed by atoms with Gasteiger partial charge in [0.15, 0.2) is 0 Å². The number of piperazine rings is 1. The van der Waals surface area contributed by atoms with Gasteiger partial charge < -0.3 is 10.6 Å². The molecule has 1 fully saturated rings. The van der Waals surface area contributed by atoms with E-state index in [4.69, 9.17) is 5.21 Å². The molecule has 1 aliphatic rings. The van der Waals surface area contributed by atoms with Gasteiger partial charge in [-0.05, 0) is 12.1 Å². The zero-order chi connectivity index (χ0) is 10.1. The van der Waals surface area contributed by atoms with Crippen LogP contribution in [0.4, 0.5) is 5.69 Å². The molecule has 1 heterocycles. The van der Waals surface area contributed by atoms with Crippen LogP contribution < -0.4 is 16.1 Å². The van der Waals surface area contributed by atoms with Gasteiger partial charge in [0, 0.05) is 26.2 Å². The summed E-state index contributed by atoms with van der Waals surface area (Å²) in [7, 11) is 0. The molecule has 0 spiro atoms. The van der Waals surface area contributed by atoms with Gasteiger partial charge in [-0.2, -0.15) is 0 Å². The molecule has 0 bridgehead atoms. The van der Waals surface area contributed by atoms with Crippen LogP contribution in [0.15, 0.2) is 30.3 Å². The molecule has 4 heteroatoms. The minimum absolute atomic E-state index is 0.715. The lowest BCUT2D eigenvalue weighted by Gasteiger charge is -2.11. The lowest BCUT2D eigenvalue weighted by molar-refractivity contribution is 0.389. The first-order valence-electron chi connectivity index (χ1n) is 4.80. The number of rotatable bonds is 1. The highest BCUT2D eigenvalue weighted by Gasteiger charge is 1.91. The SMILES string of the molecule is C1CNCCN1.ONc1ccccc1. The first-order valence-corrected chi connectivity index (χ1v) is 4.80. The summed E-state index contributed by atoms with van der Waals surface area (Å²) in [6.07, 6.45) is 0. The Labute approximate surface area is 84.3 Å². The molecule has 0 aliphatic carbocycles. The third kappa shape index (κ3) is 4.81. The molecule has 1 aliphatic heterocycles. The largest absolute Gasteiger partial charge is 0.314 e. The predicted molar refractivity (Wildman–Crippen MR) is 57.6 cm³/mol. The van der Waals surface area contributed by atoms with E-state index in [2.05, 4.69) is 10.6 Å². The van der Waals surface area contributed by atoms with Crippen LogP contribution in [-0.2, 0) is 0 Å². The summed E-state index contributed by atoms with van der Waals surface area (Å²) in [4.78, 5) is 0. The molecule has 1 aromatic rings. The summed E-state index contributed by atoms with van der Waals surface area (Å²) in [5, 5.41) is 14.7. The smallest absolute Gasteiger partial charge is 0.0602 e. The highest BCUT2D eigenvalue weighted by Crippen LogP contribution is 2.01. The van der Waals surface area contributed by atoms with Gasteiger partial charge in [-0.1, -0.05) is 18.2 Å².